The number of nitrogens with one attached hydrogen (secondary N) is 1. The van der Waals surface area contributed by atoms with Crippen molar-refractivity contribution in [1.29, 1.82) is 0 Å². The number of carbonyl (C=O) groups excluding carboxylic acids is 2. The summed E-state index contributed by atoms with van der Waals surface area (Å²) in [6.45, 7) is 10.8. The summed E-state index contributed by atoms with van der Waals surface area (Å²) < 4.78 is 0. The molecular weight excluding hydrogens is 254 g/mol. The van der Waals surface area contributed by atoms with Gasteiger partial charge in [-0.1, -0.05) is 13.8 Å². The van der Waals surface area contributed by atoms with Crippen LogP contribution in [0.15, 0.2) is 0 Å². The fraction of sp³-hybridized carbons (Fsp3) is 0.867. The number of likely N-dealkylation sites (tertiary alicyclic amines) is 1. The molecule has 0 aliphatic carbocycles. The van der Waals surface area contributed by atoms with E-state index in [1.807, 2.05) is 32.6 Å². The molecule has 5 heteroatoms. The summed E-state index contributed by atoms with van der Waals surface area (Å²) in [6, 6.07) is -0.555. The Labute approximate surface area is 122 Å². The average molecular weight is 283 g/mol. The van der Waals surface area contributed by atoms with Crippen LogP contribution in [0.4, 0.5) is 4.79 Å². The van der Waals surface area contributed by atoms with E-state index in [4.69, 9.17) is 0 Å². The predicted molar refractivity (Wildman–Crippen MR) is 80.5 cm³/mol. The van der Waals surface area contributed by atoms with Crippen molar-refractivity contribution in [1.82, 2.24) is 15.1 Å². The summed E-state index contributed by atoms with van der Waals surface area (Å²) in [6.07, 6.45) is 3.34. The number of nitrogens with zero attached hydrogens (tertiary/aromatic N) is 2. The number of amides is 3. The molecule has 0 saturated carbocycles. The molecule has 0 aromatic carbocycles. The highest BCUT2D eigenvalue weighted by atomic mass is 16.2. The highest BCUT2D eigenvalue weighted by molar-refractivity contribution is 5.87. The van der Waals surface area contributed by atoms with Gasteiger partial charge in [-0.25, -0.2) is 4.79 Å². The zero-order valence-corrected chi connectivity index (χ0v) is 13.3. The highest BCUT2D eigenvalue weighted by Gasteiger charge is 2.30. The molecule has 1 aliphatic heterocycles. The third-order valence-electron chi connectivity index (χ3n) is 3.93. The summed E-state index contributed by atoms with van der Waals surface area (Å²) in [5.41, 5.74) is 0. The molecule has 3 amide bonds. The summed E-state index contributed by atoms with van der Waals surface area (Å²) in [5.74, 6) is 0.171. The molecule has 0 unspecified atom stereocenters. The number of hydrogen-bond acceptors (Lipinski definition) is 2. The van der Waals surface area contributed by atoms with Gasteiger partial charge in [0.25, 0.3) is 0 Å². The van der Waals surface area contributed by atoms with Crippen LogP contribution in [0.25, 0.3) is 0 Å². The van der Waals surface area contributed by atoms with E-state index in [-0.39, 0.29) is 17.9 Å². The van der Waals surface area contributed by atoms with E-state index in [1.165, 1.54) is 6.42 Å². The van der Waals surface area contributed by atoms with Gasteiger partial charge < -0.3 is 15.1 Å². The van der Waals surface area contributed by atoms with Crippen molar-refractivity contribution in [2.24, 2.45) is 5.92 Å². The van der Waals surface area contributed by atoms with Gasteiger partial charge in [-0.05, 0) is 39.0 Å². The van der Waals surface area contributed by atoms with Crippen LogP contribution in [-0.2, 0) is 4.79 Å². The van der Waals surface area contributed by atoms with Crippen molar-refractivity contribution in [2.45, 2.75) is 53.0 Å². The highest BCUT2D eigenvalue weighted by Crippen LogP contribution is 2.13. The maximum Gasteiger partial charge on any atom is 0.318 e. The van der Waals surface area contributed by atoms with Gasteiger partial charge in [0.1, 0.15) is 6.04 Å². The van der Waals surface area contributed by atoms with E-state index < -0.39 is 6.04 Å². The number of carbonyl (C=O) groups is 2. The van der Waals surface area contributed by atoms with Gasteiger partial charge in [-0.2, -0.15) is 0 Å². The summed E-state index contributed by atoms with van der Waals surface area (Å²) >= 11 is 0. The Bertz CT molecular complexity index is 321. The van der Waals surface area contributed by atoms with E-state index in [2.05, 4.69) is 5.32 Å². The van der Waals surface area contributed by atoms with E-state index in [1.54, 1.807) is 4.90 Å². The minimum Gasteiger partial charge on any atom is -0.341 e. The quantitative estimate of drug-likeness (QED) is 0.840. The summed E-state index contributed by atoms with van der Waals surface area (Å²) in [4.78, 5) is 28.3. The Kier molecular flexibility index (Phi) is 6.82. The molecular formula is C15H29N3O2. The SMILES string of the molecule is CCN(CC)C(=O)N[C@H](C(=O)N1CCCCC1)C(C)C. The third-order valence-corrected chi connectivity index (χ3v) is 3.93. The van der Waals surface area contributed by atoms with Crippen LogP contribution in [0.2, 0.25) is 0 Å². The van der Waals surface area contributed by atoms with Gasteiger partial charge in [-0.15, -0.1) is 0 Å². The van der Waals surface area contributed by atoms with Crippen LogP contribution in [0.5, 0.6) is 0 Å². The topological polar surface area (TPSA) is 52.7 Å². The lowest BCUT2D eigenvalue weighted by Gasteiger charge is -2.33. The molecule has 1 aliphatic rings. The average Bonchev–Trinajstić information content (AvgIpc) is 2.46. The predicted octanol–water partition coefficient (Wildman–Crippen LogP) is 2.07. The lowest BCUT2D eigenvalue weighted by Crippen LogP contribution is -2.55. The van der Waals surface area contributed by atoms with Crippen molar-refractivity contribution < 1.29 is 9.59 Å². The molecule has 20 heavy (non-hydrogen) atoms. The van der Waals surface area contributed by atoms with Gasteiger partial charge in [0.05, 0.1) is 0 Å². The smallest absolute Gasteiger partial charge is 0.318 e. The van der Waals surface area contributed by atoms with E-state index in [0.717, 1.165) is 25.9 Å². The van der Waals surface area contributed by atoms with Crippen molar-refractivity contribution in [3.05, 3.63) is 0 Å². The lowest BCUT2D eigenvalue weighted by atomic mass is 10.0. The zero-order chi connectivity index (χ0) is 15.1. The fourth-order valence-corrected chi connectivity index (χ4v) is 2.56. The fourth-order valence-electron chi connectivity index (χ4n) is 2.56. The molecule has 1 N–H and O–H groups in total. The molecule has 5 nitrogen and oxygen atoms in total. The number of urea groups is 1. The van der Waals surface area contributed by atoms with Crippen LogP contribution >= 0.6 is 0 Å². The molecule has 1 saturated heterocycles. The third kappa shape index (κ3) is 4.39. The van der Waals surface area contributed by atoms with Crippen molar-refractivity contribution in [3.63, 3.8) is 0 Å². The van der Waals surface area contributed by atoms with Crippen molar-refractivity contribution in [3.8, 4) is 0 Å². The van der Waals surface area contributed by atoms with Gasteiger partial charge in [0.2, 0.25) is 5.91 Å². The van der Waals surface area contributed by atoms with E-state index >= 15 is 0 Å². The molecule has 116 valence electrons. The largest absolute Gasteiger partial charge is 0.341 e. The van der Waals surface area contributed by atoms with Gasteiger partial charge in [0, 0.05) is 26.2 Å². The normalized spacial score (nSPS) is 16.9. The molecule has 1 fully saturated rings. The maximum atomic E-state index is 12.6. The molecule has 1 atom stereocenters. The molecule has 1 heterocycles. The second kappa shape index (κ2) is 8.12. The lowest BCUT2D eigenvalue weighted by molar-refractivity contribution is -0.135. The molecule has 0 bridgehead atoms. The van der Waals surface area contributed by atoms with Crippen LogP contribution in [-0.4, -0.2) is 54.0 Å². The van der Waals surface area contributed by atoms with Crippen LogP contribution in [0.1, 0.15) is 47.0 Å². The molecule has 0 aromatic heterocycles. The van der Waals surface area contributed by atoms with Crippen molar-refractivity contribution >= 4 is 11.9 Å². The van der Waals surface area contributed by atoms with Crippen molar-refractivity contribution in [2.75, 3.05) is 26.2 Å². The Balaban J connectivity index is 2.68. The number of hydrogen-bond donors (Lipinski definition) is 1. The Hall–Kier alpha value is -1.26. The van der Waals surface area contributed by atoms with E-state index in [0.29, 0.717) is 13.1 Å². The molecule has 0 radical (unpaired) electrons. The zero-order valence-electron chi connectivity index (χ0n) is 13.3. The Morgan fingerprint density at radius 1 is 1.10 bits per heavy atom. The van der Waals surface area contributed by atoms with Gasteiger partial charge >= 0.3 is 6.03 Å². The first-order valence-electron chi connectivity index (χ1n) is 7.85. The number of rotatable bonds is 5. The van der Waals surface area contributed by atoms with E-state index in [9.17, 15) is 9.59 Å². The first-order chi connectivity index (χ1) is 9.51. The molecule has 1 rings (SSSR count). The second-order valence-electron chi connectivity index (χ2n) is 5.73. The van der Waals surface area contributed by atoms with Crippen LogP contribution < -0.4 is 5.32 Å². The summed E-state index contributed by atoms with van der Waals surface area (Å²) in [5, 5.41) is 2.91. The second-order valence-corrected chi connectivity index (χ2v) is 5.73. The van der Waals surface area contributed by atoms with Gasteiger partial charge in [-0.3, -0.25) is 4.79 Å². The van der Waals surface area contributed by atoms with Crippen LogP contribution in [0.3, 0.4) is 0 Å². The first-order valence-corrected chi connectivity index (χ1v) is 7.85. The minimum absolute atomic E-state index is 0.0696. The number of piperidine rings is 1. The molecule has 0 spiro atoms. The van der Waals surface area contributed by atoms with Gasteiger partial charge in [0.15, 0.2) is 0 Å². The monoisotopic (exact) mass is 283 g/mol. The minimum atomic E-state index is -0.416. The maximum absolute atomic E-state index is 12.6. The summed E-state index contributed by atoms with van der Waals surface area (Å²) in [7, 11) is 0. The first kappa shape index (κ1) is 16.8. The molecule has 0 aromatic rings. The standard InChI is InChI=1S/C15H29N3O2/c1-5-17(6-2)15(20)16-13(12(3)4)14(19)18-10-8-7-9-11-18/h12-13H,5-11H2,1-4H3,(H,16,20)/t13-/m0/s1. The Morgan fingerprint density at radius 3 is 2.10 bits per heavy atom. The van der Waals surface area contributed by atoms with Crippen LogP contribution in [0, 0.1) is 5.92 Å². The Morgan fingerprint density at radius 2 is 1.65 bits per heavy atom.